The van der Waals surface area contributed by atoms with E-state index in [1.165, 1.54) is 24.3 Å². The Morgan fingerprint density at radius 1 is 0.939 bits per heavy atom. The van der Waals surface area contributed by atoms with Crippen LogP contribution in [0.3, 0.4) is 0 Å². The van der Waals surface area contributed by atoms with E-state index >= 15 is 0 Å². The lowest BCUT2D eigenvalue weighted by Crippen LogP contribution is -2.58. The molecule has 1 saturated heterocycles. The molecule has 4 N–H and O–H groups in total. The van der Waals surface area contributed by atoms with Gasteiger partial charge in [0, 0.05) is 5.69 Å². The predicted octanol–water partition coefficient (Wildman–Crippen LogP) is 4.47. The first-order valence-corrected chi connectivity index (χ1v) is 18.0. The molecule has 0 spiro atoms. The summed E-state index contributed by atoms with van der Waals surface area (Å²) in [4.78, 5) is 54.4. The number of aliphatic hydroxyl groups is 1. The largest absolute Gasteiger partial charge is 0.507 e. The number of benzene rings is 3. The second-order valence-corrected chi connectivity index (χ2v) is 15.4. The Kier molecular flexibility index (Phi) is 10.2. The van der Waals surface area contributed by atoms with E-state index in [0.29, 0.717) is 11.1 Å². The smallest absolute Gasteiger partial charge is 0.408 e. The standard InChI is InChI=1S/C34H36N4O9S2/c1-34(2,3)47-33(43)35-26(22-16-11-17-23(18-22)37-49(4,44)45)30(41)36-31-28(40)27(38-24(39)19-25(38)48-31)32(42)46-29(20-12-7-5-8-13-20)21-14-9-6-10-15-21/h5-18,25-26,29,31,37,40H,19H2,1-4H3,(H,35,43)(H,36,41)/t25-,26-,31?/m1/s1. The summed E-state index contributed by atoms with van der Waals surface area (Å²) in [5, 5.41) is 14.8. The third kappa shape index (κ3) is 8.72. The van der Waals surface area contributed by atoms with E-state index in [0.717, 1.165) is 22.9 Å². The van der Waals surface area contributed by atoms with Crippen LogP contribution >= 0.6 is 11.8 Å². The van der Waals surface area contributed by atoms with Crippen LogP contribution in [0.1, 0.15) is 56.0 Å². The molecular weight excluding hydrogens is 673 g/mol. The highest BCUT2D eigenvalue weighted by atomic mass is 32.2. The number of hydrogen-bond acceptors (Lipinski definition) is 10. The van der Waals surface area contributed by atoms with Gasteiger partial charge in [0.05, 0.1) is 18.1 Å². The zero-order chi connectivity index (χ0) is 35.5. The van der Waals surface area contributed by atoms with Crippen molar-refractivity contribution in [3.63, 3.8) is 0 Å². The first-order valence-electron chi connectivity index (χ1n) is 15.2. The van der Waals surface area contributed by atoms with Crippen molar-refractivity contribution < 1.29 is 42.2 Å². The average Bonchev–Trinajstić information content (AvgIpc) is 3.02. The quantitative estimate of drug-likeness (QED) is 0.173. The van der Waals surface area contributed by atoms with E-state index in [2.05, 4.69) is 15.4 Å². The highest BCUT2D eigenvalue weighted by Crippen LogP contribution is 2.43. The van der Waals surface area contributed by atoms with E-state index in [1.54, 1.807) is 69.3 Å². The number of esters is 1. The minimum Gasteiger partial charge on any atom is -0.507 e. The maximum atomic E-state index is 13.9. The van der Waals surface area contributed by atoms with Gasteiger partial charge in [0.1, 0.15) is 17.0 Å². The van der Waals surface area contributed by atoms with Crippen molar-refractivity contribution in [2.75, 3.05) is 11.0 Å². The Bertz CT molecular complexity index is 1840. The summed E-state index contributed by atoms with van der Waals surface area (Å²) in [5.74, 6) is -2.81. The summed E-state index contributed by atoms with van der Waals surface area (Å²) >= 11 is 1.03. The number of sulfonamides is 1. The van der Waals surface area contributed by atoms with Gasteiger partial charge in [-0.15, -0.1) is 11.8 Å². The Labute approximate surface area is 288 Å². The van der Waals surface area contributed by atoms with Crippen molar-refractivity contribution in [1.82, 2.24) is 15.5 Å². The van der Waals surface area contributed by atoms with Crippen LogP contribution in [0.5, 0.6) is 0 Å². The number of ether oxygens (including phenoxy) is 2. The van der Waals surface area contributed by atoms with Crippen LogP contribution in [-0.2, 0) is 33.9 Å². The summed E-state index contributed by atoms with van der Waals surface area (Å²) in [6.07, 6.45) is -0.793. The third-order valence-corrected chi connectivity index (χ3v) is 9.19. The number of nitrogens with zero attached hydrogens (tertiary/aromatic N) is 1. The predicted molar refractivity (Wildman–Crippen MR) is 182 cm³/mol. The first kappa shape index (κ1) is 35.3. The molecule has 3 aromatic rings. The molecule has 1 fully saturated rings. The van der Waals surface area contributed by atoms with Gasteiger partial charge in [0.15, 0.2) is 17.6 Å². The normalized spacial score (nSPS) is 18.1. The zero-order valence-electron chi connectivity index (χ0n) is 27.1. The third-order valence-electron chi connectivity index (χ3n) is 7.27. The molecular formula is C34H36N4O9S2. The number of nitrogens with one attached hydrogen (secondary N) is 3. The fourth-order valence-electron chi connectivity index (χ4n) is 5.22. The van der Waals surface area contributed by atoms with Gasteiger partial charge in [-0.2, -0.15) is 0 Å². The Balaban J connectivity index is 1.45. The molecule has 0 bridgehead atoms. The average molecular weight is 709 g/mol. The fraction of sp³-hybridized carbons (Fsp3) is 0.294. The molecule has 3 aromatic carbocycles. The molecule has 1 unspecified atom stereocenters. The number of amides is 3. The van der Waals surface area contributed by atoms with Gasteiger partial charge in [-0.05, 0) is 49.6 Å². The minimum atomic E-state index is -3.67. The second kappa shape index (κ2) is 14.2. The van der Waals surface area contributed by atoms with Crippen LogP contribution in [0, 0.1) is 0 Å². The van der Waals surface area contributed by atoms with Gasteiger partial charge < -0.3 is 25.2 Å². The second-order valence-electron chi connectivity index (χ2n) is 12.4. The van der Waals surface area contributed by atoms with Crippen LogP contribution in [0.2, 0.25) is 0 Å². The number of hydrogen-bond donors (Lipinski definition) is 4. The molecule has 2 heterocycles. The van der Waals surface area contributed by atoms with Crippen LogP contribution < -0.4 is 15.4 Å². The summed E-state index contributed by atoms with van der Waals surface area (Å²) in [6, 6.07) is 22.4. The molecule has 49 heavy (non-hydrogen) atoms. The van der Waals surface area contributed by atoms with Crippen molar-refractivity contribution in [2.24, 2.45) is 0 Å². The molecule has 15 heteroatoms. The summed E-state index contributed by atoms with van der Waals surface area (Å²) in [6.45, 7) is 4.94. The minimum absolute atomic E-state index is 0.0424. The van der Waals surface area contributed by atoms with Gasteiger partial charge in [-0.1, -0.05) is 72.8 Å². The fourth-order valence-corrected chi connectivity index (χ4v) is 7.10. The molecule has 0 saturated carbocycles. The molecule has 0 radical (unpaired) electrons. The zero-order valence-corrected chi connectivity index (χ0v) is 28.7. The van der Waals surface area contributed by atoms with E-state index in [4.69, 9.17) is 9.47 Å². The van der Waals surface area contributed by atoms with Crippen LogP contribution in [0.4, 0.5) is 10.5 Å². The van der Waals surface area contributed by atoms with Crippen molar-refractivity contribution in [3.8, 4) is 0 Å². The molecule has 258 valence electrons. The molecule has 2 aliphatic rings. The van der Waals surface area contributed by atoms with Crippen LogP contribution in [-0.4, -0.2) is 64.9 Å². The lowest BCUT2D eigenvalue weighted by molar-refractivity contribution is -0.152. The number of anilines is 1. The number of carbonyl (C=O) groups is 4. The van der Waals surface area contributed by atoms with Gasteiger partial charge in [0.2, 0.25) is 21.8 Å². The summed E-state index contributed by atoms with van der Waals surface area (Å²) in [5.41, 5.74) is 0.337. The van der Waals surface area contributed by atoms with Crippen molar-refractivity contribution >= 4 is 51.3 Å². The maximum Gasteiger partial charge on any atom is 0.408 e. The Morgan fingerprint density at radius 3 is 2.08 bits per heavy atom. The first-order chi connectivity index (χ1) is 23.1. The van der Waals surface area contributed by atoms with E-state index in [-0.39, 0.29) is 17.7 Å². The van der Waals surface area contributed by atoms with Crippen molar-refractivity contribution in [1.29, 1.82) is 0 Å². The summed E-state index contributed by atoms with van der Waals surface area (Å²) < 4.78 is 37.4. The van der Waals surface area contributed by atoms with Crippen LogP contribution in [0.25, 0.3) is 0 Å². The number of aliphatic hydroxyl groups excluding tert-OH is 1. The molecule has 3 atom stereocenters. The van der Waals surface area contributed by atoms with Gasteiger partial charge >= 0.3 is 12.1 Å². The van der Waals surface area contributed by atoms with Crippen molar-refractivity contribution in [2.45, 2.75) is 55.7 Å². The molecule has 5 rings (SSSR count). The molecule has 3 amide bonds. The Morgan fingerprint density at radius 2 is 1.53 bits per heavy atom. The molecule has 2 aliphatic heterocycles. The number of carbonyl (C=O) groups excluding carboxylic acids is 4. The SMILES string of the molecule is CC(C)(C)OC(=O)N[C@@H](C(=O)NC1S[C@@H]2CC(=O)N2C(C(=O)OC(c2ccccc2)c2ccccc2)=C1O)c1cccc(NS(C)(=O)=O)c1. The number of β-lactam (4-membered cyclic amide) rings is 1. The van der Waals surface area contributed by atoms with E-state index < -0.39 is 73.9 Å². The number of thioether (sulfide) groups is 1. The van der Waals surface area contributed by atoms with E-state index in [9.17, 15) is 32.7 Å². The summed E-state index contributed by atoms with van der Waals surface area (Å²) in [7, 11) is -3.67. The molecule has 13 nitrogen and oxygen atoms in total. The topological polar surface area (TPSA) is 180 Å². The number of fused-ring (bicyclic) bond motifs is 1. The lowest BCUT2D eigenvalue weighted by atomic mass is 10.0. The number of alkyl carbamates (subject to hydrolysis) is 1. The van der Waals surface area contributed by atoms with Crippen molar-refractivity contribution in [3.05, 3.63) is 113 Å². The number of rotatable bonds is 10. The van der Waals surface area contributed by atoms with Crippen LogP contribution in [0.15, 0.2) is 96.4 Å². The highest BCUT2D eigenvalue weighted by molar-refractivity contribution is 8.00. The maximum absolute atomic E-state index is 13.9. The van der Waals surface area contributed by atoms with Gasteiger partial charge in [0.25, 0.3) is 0 Å². The highest BCUT2D eigenvalue weighted by Gasteiger charge is 2.50. The lowest BCUT2D eigenvalue weighted by Gasteiger charge is -2.45. The van der Waals surface area contributed by atoms with Gasteiger partial charge in [-0.3, -0.25) is 19.2 Å². The monoisotopic (exact) mass is 708 g/mol. The Hall–Kier alpha value is -5.02. The molecule has 0 aliphatic carbocycles. The van der Waals surface area contributed by atoms with Gasteiger partial charge in [-0.25, -0.2) is 18.0 Å². The molecule has 0 aromatic heterocycles. The van der Waals surface area contributed by atoms with E-state index in [1.807, 2.05) is 12.1 Å².